The molecular weight excluding hydrogens is 260 g/mol. The minimum Gasteiger partial charge on any atom is -0.461 e. The maximum Gasteiger partial charge on any atom is 0.357 e. The summed E-state index contributed by atoms with van der Waals surface area (Å²) >= 11 is 1.52. The minimum absolute atomic E-state index is 0.329. The Labute approximate surface area is 119 Å². The van der Waals surface area contributed by atoms with Crippen molar-refractivity contribution in [3.63, 3.8) is 0 Å². The Balaban J connectivity index is 2.67. The summed E-state index contributed by atoms with van der Waals surface area (Å²) < 4.78 is 4.95. The number of carbonyl (C=O) groups is 1. The van der Waals surface area contributed by atoms with Crippen LogP contribution in [0.25, 0.3) is 0 Å². The molecule has 0 aliphatic heterocycles. The SMILES string of the molecule is CCOC(=O)c1csc(CN(CC(C)C)C(C)C)n1. The predicted octanol–water partition coefficient (Wildman–Crippen LogP) is 3.19. The van der Waals surface area contributed by atoms with E-state index in [1.807, 2.05) is 0 Å². The van der Waals surface area contributed by atoms with E-state index < -0.39 is 0 Å². The van der Waals surface area contributed by atoms with Crippen LogP contribution in [0, 0.1) is 5.92 Å². The maximum atomic E-state index is 11.6. The Morgan fingerprint density at radius 2 is 2.11 bits per heavy atom. The number of nitrogens with zero attached hydrogens (tertiary/aromatic N) is 2. The van der Waals surface area contributed by atoms with Crippen molar-refractivity contribution in [1.29, 1.82) is 0 Å². The molecule has 1 rings (SSSR count). The number of esters is 1. The van der Waals surface area contributed by atoms with Crippen LogP contribution in [0.2, 0.25) is 0 Å². The van der Waals surface area contributed by atoms with E-state index in [1.165, 1.54) is 11.3 Å². The summed E-state index contributed by atoms with van der Waals surface area (Å²) in [5, 5.41) is 2.75. The molecule has 5 heteroatoms. The highest BCUT2D eigenvalue weighted by Crippen LogP contribution is 2.16. The molecule has 0 radical (unpaired) electrons. The molecule has 0 aliphatic carbocycles. The number of rotatable bonds is 7. The van der Waals surface area contributed by atoms with Gasteiger partial charge in [-0.1, -0.05) is 13.8 Å². The third kappa shape index (κ3) is 5.28. The summed E-state index contributed by atoms with van der Waals surface area (Å²) in [7, 11) is 0. The molecule has 0 atom stereocenters. The molecule has 0 spiro atoms. The first kappa shape index (κ1) is 16.1. The molecule has 4 nitrogen and oxygen atoms in total. The van der Waals surface area contributed by atoms with Gasteiger partial charge in [-0.15, -0.1) is 11.3 Å². The highest BCUT2D eigenvalue weighted by Gasteiger charge is 2.16. The third-order valence-corrected chi connectivity index (χ3v) is 3.54. The van der Waals surface area contributed by atoms with Crippen LogP contribution in [0.3, 0.4) is 0 Å². The summed E-state index contributed by atoms with van der Waals surface area (Å²) in [5.74, 6) is 0.289. The maximum absolute atomic E-state index is 11.6. The average Bonchev–Trinajstić information content (AvgIpc) is 2.76. The number of thiazole rings is 1. The van der Waals surface area contributed by atoms with E-state index >= 15 is 0 Å². The minimum atomic E-state index is -0.329. The van der Waals surface area contributed by atoms with Crippen molar-refractivity contribution >= 4 is 17.3 Å². The molecule has 0 bridgehead atoms. The second-order valence-electron chi connectivity index (χ2n) is 5.26. The molecular formula is C14H24N2O2S. The lowest BCUT2D eigenvalue weighted by Crippen LogP contribution is -2.33. The van der Waals surface area contributed by atoms with E-state index in [0.717, 1.165) is 18.1 Å². The second-order valence-corrected chi connectivity index (χ2v) is 6.21. The van der Waals surface area contributed by atoms with Crippen LogP contribution < -0.4 is 0 Å². The average molecular weight is 284 g/mol. The van der Waals surface area contributed by atoms with Crippen LogP contribution >= 0.6 is 11.3 Å². The lowest BCUT2D eigenvalue weighted by Gasteiger charge is -2.27. The number of hydrogen-bond donors (Lipinski definition) is 0. The predicted molar refractivity (Wildman–Crippen MR) is 78.5 cm³/mol. The van der Waals surface area contributed by atoms with Gasteiger partial charge in [0.1, 0.15) is 5.01 Å². The van der Waals surface area contributed by atoms with Crippen molar-refractivity contribution in [3.05, 3.63) is 16.1 Å². The number of hydrogen-bond acceptors (Lipinski definition) is 5. The summed E-state index contributed by atoms with van der Waals surface area (Å²) in [6, 6.07) is 0.470. The Morgan fingerprint density at radius 3 is 2.63 bits per heavy atom. The summed E-state index contributed by atoms with van der Waals surface area (Å²) in [6.07, 6.45) is 0. The summed E-state index contributed by atoms with van der Waals surface area (Å²) in [5.41, 5.74) is 0.426. The monoisotopic (exact) mass is 284 g/mol. The standard InChI is InChI=1S/C14H24N2O2S/c1-6-18-14(17)12-9-19-13(15-12)8-16(11(4)5)7-10(2)3/h9-11H,6-8H2,1-5H3. The van der Waals surface area contributed by atoms with Gasteiger partial charge in [-0.25, -0.2) is 9.78 Å². The van der Waals surface area contributed by atoms with Gasteiger partial charge in [0.15, 0.2) is 5.69 Å². The lowest BCUT2D eigenvalue weighted by molar-refractivity contribution is 0.0520. The van der Waals surface area contributed by atoms with Crippen LogP contribution in [-0.2, 0) is 11.3 Å². The van der Waals surface area contributed by atoms with Crippen molar-refractivity contribution in [2.24, 2.45) is 5.92 Å². The molecule has 1 aromatic heterocycles. The molecule has 0 saturated heterocycles. The van der Waals surface area contributed by atoms with Gasteiger partial charge in [-0.05, 0) is 26.7 Å². The van der Waals surface area contributed by atoms with Crippen LogP contribution in [0.4, 0.5) is 0 Å². The highest BCUT2D eigenvalue weighted by molar-refractivity contribution is 7.09. The fourth-order valence-corrected chi connectivity index (χ4v) is 2.57. The molecule has 0 aromatic carbocycles. The van der Waals surface area contributed by atoms with Crippen LogP contribution in [0.5, 0.6) is 0 Å². The molecule has 0 aliphatic rings. The Bertz CT molecular complexity index is 402. The summed E-state index contributed by atoms with van der Waals surface area (Å²) in [6.45, 7) is 12.8. The van der Waals surface area contributed by atoms with Crippen LogP contribution in [-0.4, -0.2) is 35.0 Å². The zero-order valence-corrected chi connectivity index (χ0v) is 13.3. The van der Waals surface area contributed by atoms with Crippen LogP contribution in [0.15, 0.2) is 5.38 Å². The van der Waals surface area contributed by atoms with Crippen molar-refractivity contribution in [2.75, 3.05) is 13.2 Å². The number of carbonyl (C=O) groups excluding carboxylic acids is 1. The molecule has 0 unspecified atom stereocenters. The van der Waals surface area contributed by atoms with Crippen LogP contribution in [0.1, 0.15) is 50.1 Å². The second kappa shape index (κ2) is 7.60. The lowest BCUT2D eigenvalue weighted by atomic mass is 10.2. The molecule has 108 valence electrons. The topological polar surface area (TPSA) is 42.4 Å². The highest BCUT2D eigenvalue weighted by atomic mass is 32.1. The number of aromatic nitrogens is 1. The first-order valence-corrected chi connectivity index (χ1v) is 7.67. The van der Waals surface area contributed by atoms with Gasteiger partial charge in [-0.2, -0.15) is 0 Å². The molecule has 0 N–H and O–H groups in total. The smallest absolute Gasteiger partial charge is 0.357 e. The van der Waals surface area contributed by atoms with Gasteiger partial charge < -0.3 is 4.74 Å². The van der Waals surface area contributed by atoms with Gasteiger partial charge in [0.2, 0.25) is 0 Å². The van der Waals surface area contributed by atoms with Crippen molar-refractivity contribution < 1.29 is 9.53 Å². The summed E-state index contributed by atoms with van der Waals surface area (Å²) in [4.78, 5) is 18.3. The van der Waals surface area contributed by atoms with E-state index in [2.05, 4.69) is 37.6 Å². The van der Waals surface area contributed by atoms with Gasteiger partial charge in [0, 0.05) is 18.0 Å². The molecule has 1 heterocycles. The Hall–Kier alpha value is -0.940. The fraction of sp³-hybridized carbons (Fsp3) is 0.714. The molecule has 0 saturated carbocycles. The first-order chi connectivity index (χ1) is 8.93. The third-order valence-electron chi connectivity index (χ3n) is 2.70. The molecule has 0 fully saturated rings. The van der Waals surface area contributed by atoms with Crippen molar-refractivity contribution in [3.8, 4) is 0 Å². The van der Waals surface area contributed by atoms with Gasteiger partial charge in [-0.3, -0.25) is 4.90 Å². The first-order valence-electron chi connectivity index (χ1n) is 6.79. The van der Waals surface area contributed by atoms with E-state index in [9.17, 15) is 4.79 Å². The van der Waals surface area contributed by atoms with Gasteiger partial charge >= 0.3 is 5.97 Å². The van der Waals surface area contributed by atoms with E-state index in [0.29, 0.717) is 24.3 Å². The zero-order valence-electron chi connectivity index (χ0n) is 12.5. The van der Waals surface area contributed by atoms with Gasteiger partial charge in [0.05, 0.1) is 13.2 Å². The zero-order chi connectivity index (χ0) is 14.4. The fourth-order valence-electron chi connectivity index (χ4n) is 1.78. The number of ether oxygens (including phenoxy) is 1. The van der Waals surface area contributed by atoms with Crippen molar-refractivity contribution in [1.82, 2.24) is 9.88 Å². The Morgan fingerprint density at radius 1 is 1.42 bits per heavy atom. The molecule has 1 aromatic rings. The van der Waals surface area contributed by atoms with E-state index in [4.69, 9.17) is 4.74 Å². The van der Waals surface area contributed by atoms with Crippen molar-refractivity contribution in [2.45, 2.75) is 47.2 Å². The Kier molecular flexibility index (Phi) is 6.45. The van der Waals surface area contributed by atoms with E-state index in [1.54, 1.807) is 12.3 Å². The largest absolute Gasteiger partial charge is 0.461 e. The normalized spacial score (nSPS) is 11.6. The molecule has 0 amide bonds. The van der Waals surface area contributed by atoms with Gasteiger partial charge in [0.25, 0.3) is 0 Å². The van der Waals surface area contributed by atoms with E-state index in [-0.39, 0.29) is 5.97 Å². The quantitative estimate of drug-likeness (QED) is 0.721. The molecule has 19 heavy (non-hydrogen) atoms.